The van der Waals surface area contributed by atoms with E-state index in [0.717, 1.165) is 0 Å². The fourth-order valence-electron chi connectivity index (χ4n) is 1.66. The third kappa shape index (κ3) is 3.14. The third-order valence-electron chi connectivity index (χ3n) is 2.53. The van der Waals surface area contributed by atoms with Gasteiger partial charge >= 0.3 is 0 Å². The summed E-state index contributed by atoms with van der Waals surface area (Å²) in [6.45, 7) is -0.0937. The van der Waals surface area contributed by atoms with E-state index in [-0.39, 0.29) is 18.0 Å². The van der Waals surface area contributed by atoms with Crippen molar-refractivity contribution in [3.63, 3.8) is 0 Å². The Morgan fingerprint density at radius 2 is 1.95 bits per heavy atom. The number of aliphatic hydroxyl groups excluding tert-OH is 1. The monoisotopic (exact) mass is 263 g/mol. The molecular weight excluding hydrogens is 249 g/mol. The van der Waals surface area contributed by atoms with Crippen molar-refractivity contribution in [3.8, 4) is 17.2 Å². The predicted molar refractivity (Wildman–Crippen MR) is 69.8 cm³/mol. The smallest absolute Gasteiger partial charge is 0.169 e. The molecule has 2 aromatic carbocycles. The molecule has 0 heterocycles. The molecule has 19 heavy (non-hydrogen) atoms. The highest BCUT2D eigenvalue weighted by atomic mass is 19.1. The van der Waals surface area contributed by atoms with E-state index in [2.05, 4.69) is 0 Å². The second-order valence-electron chi connectivity index (χ2n) is 3.97. The SMILES string of the molecule is COc1cc(CO)ccc1Oc1cc(N)cc(F)c1. The summed E-state index contributed by atoms with van der Waals surface area (Å²) in [5.74, 6) is 0.688. The van der Waals surface area contributed by atoms with Crippen molar-refractivity contribution >= 4 is 5.69 Å². The Kier molecular flexibility index (Phi) is 3.87. The summed E-state index contributed by atoms with van der Waals surface area (Å²) in [6.07, 6.45) is 0. The zero-order valence-corrected chi connectivity index (χ0v) is 10.4. The maximum atomic E-state index is 13.2. The highest BCUT2D eigenvalue weighted by Gasteiger charge is 2.08. The molecule has 4 nitrogen and oxygen atoms in total. The Labute approximate surface area is 110 Å². The van der Waals surface area contributed by atoms with Crippen molar-refractivity contribution in [2.45, 2.75) is 6.61 Å². The van der Waals surface area contributed by atoms with Gasteiger partial charge in [0.1, 0.15) is 11.6 Å². The lowest BCUT2D eigenvalue weighted by atomic mass is 10.2. The first-order valence-corrected chi connectivity index (χ1v) is 5.64. The van der Waals surface area contributed by atoms with Gasteiger partial charge in [-0.2, -0.15) is 0 Å². The molecule has 2 rings (SSSR count). The second kappa shape index (κ2) is 5.58. The van der Waals surface area contributed by atoms with E-state index in [4.69, 9.17) is 20.3 Å². The number of halogens is 1. The highest BCUT2D eigenvalue weighted by Crippen LogP contribution is 2.33. The molecule has 3 N–H and O–H groups in total. The fraction of sp³-hybridized carbons (Fsp3) is 0.143. The van der Waals surface area contributed by atoms with Crippen LogP contribution < -0.4 is 15.2 Å². The van der Waals surface area contributed by atoms with E-state index in [1.54, 1.807) is 18.2 Å². The molecule has 2 aromatic rings. The van der Waals surface area contributed by atoms with Crippen molar-refractivity contribution in [2.75, 3.05) is 12.8 Å². The number of rotatable bonds is 4. The van der Waals surface area contributed by atoms with Crippen LogP contribution in [0.25, 0.3) is 0 Å². The summed E-state index contributed by atoms with van der Waals surface area (Å²) in [5, 5.41) is 9.05. The first-order chi connectivity index (χ1) is 9.12. The Morgan fingerprint density at radius 3 is 2.58 bits per heavy atom. The van der Waals surface area contributed by atoms with E-state index >= 15 is 0 Å². The molecule has 0 aliphatic rings. The van der Waals surface area contributed by atoms with E-state index < -0.39 is 5.82 Å². The fourth-order valence-corrected chi connectivity index (χ4v) is 1.66. The second-order valence-corrected chi connectivity index (χ2v) is 3.97. The zero-order chi connectivity index (χ0) is 13.8. The van der Waals surface area contributed by atoms with E-state index in [1.165, 1.54) is 25.3 Å². The predicted octanol–water partition coefficient (Wildman–Crippen LogP) is 2.70. The summed E-state index contributed by atoms with van der Waals surface area (Å²) in [7, 11) is 1.49. The molecule has 0 saturated heterocycles. The van der Waals surface area contributed by atoms with Gasteiger partial charge < -0.3 is 20.3 Å². The molecule has 0 unspecified atom stereocenters. The largest absolute Gasteiger partial charge is 0.493 e. The summed E-state index contributed by atoms with van der Waals surface area (Å²) >= 11 is 0. The Morgan fingerprint density at radius 1 is 1.16 bits per heavy atom. The van der Waals surface area contributed by atoms with Crippen LogP contribution in [-0.4, -0.2) is 12.2 Å². The van der Waals surface area contributed by atoms with Crippen LogP contribution >= 0.6 is 0 Å². The molecule has 0 radical (unpaired) electrons. The van der Waals surface area contributed by atoms with E-state index in [1.807, 2.05) is 0 Å². The number of anilines is 1. The van der Waals surface area contributed by atoms with Crippen molar-refractivity contribution in [2.24, 2.45) is 0 Å². The van der Waals surface area contributed by atoms with Gasteiger partial charge in [-0.3, -0.25) is 0 Å². The van der Waals surface area contributed by atoms with Crippen LogP contribution in [0.15, 0.2) is 36.4 Å². The number of methoxy groups -OCH3 is 1. The van der Waals surface area contributed by atoms with Crippen molar-refractivity contribution in [3.05, 3.63) is 47.8 Å². The molecule has 100 valence electrons. The molecule has 0 saturated carbocycles. The van der Waals surface area contributed by atoms with Gasteiger partial charge in [0.25, 0.3) is 0 Å². The van der Waals surface area contributed by atoms with Gasteiger partial charge in [0.05, 0.1) is 13.7 Å². The van der Waals surface area contributed by atoms with Crippen LogP contribution in [-0.2, 0) is 6.61 Å². The first kappa shape index (κ1) is 13.2. The quantitative estimate of drug-likeness (QED) is 0.832. The Bertz CT molecular complexity index is 567. The number of aliphatic hydroxyl groups is 1. The van der Waals surface area contributed by atoms with Crippen LogP contribution in [0.1, 0.15) is 5.56 Å². The number of hydrogen-bond acceptors (Lipinski definition) is 4. The van der Waals surface area contributed by atoms with E-state index in [9.17, 15) is 4.39 Å². The maximum absolute atomic E-state index is 13.2. The van der Waals surface area contributed by atoms with Gasteiger partial charge in [0.2, 0.25) is 0 Å². The lowest BCUT2D eigenvalue weighted by molar-refractivity contribution is 0.280. The number of nitrogens with two attached hydrogens (primary N) is 1. The van der Waals surface area contributed by atoms with Crippen molar-refractivity contribution in [1.29, 1.82) is 0 Å². The van der Waals surface area contributed by atoms with Crippen LogP contribution in [0.3, 0.4) is 0 Å². The molecule has 0 aliphatic carbocycles. The number of ether oxygens (including phenoxy) is 2. The summed E-state index contributed by atoms with van der Waals surface area (Å²) in [6, 6.07) is 8.95. The number of benzene rings is 2. The van der Waals surface area contributed by atoms with Gasteiger partial charge in [0, 0.05) is 17.8 Å². The summed E-state index contributed by atoms with van der Waals surface area (Å²) in [5.41, 5.74) is 6.52. The number of hydrogen-bond donors (Lipinski definition) is 2. The third-order valence-corrected chi connectivity index (χ3v) is 2.53. The Balaban J connectivity index is 2.32. The zero-order valence-electron chi connectivity index (χ0n) is 10.4. The van der Waals surface area contributed by atoms with Crippen molar-refractivity contribution < 1.29 is 19.0 Å². The molecular formula is C14H14FNO3. The standard InChI is InChI=1S/C14H14FNO3/c1-18-14-4-9(8-17)2-3-13(14)19-12-6-10(15)5-11(16)7-12/h2-7,17H,8,16H2,1H3. The van der Waals surface area contributed by atoms with Gasteiger partial charge in [-0.05, 0) is 23.8 Å². The molecule has 0 aromatic heterocycles. The molecule has 0 fully saturated rings. The lowest BCUT2D eigenvalue weighted by Gasteiger charge is -2.11. The normalized spacial score (nSPS) is 10.3. The average Bonchev–Trinajstić information content (AvgIpc) is 2.38. The number of nitrogen functional groups attached to an aromatic ring is 1. The first-order valence-electron chi connectivity index (χ1n) is 5.64. The van der Waals surface area contributed by atoms with Crippen LogP contribution in [0.4, 0.5) is 10.1 Å². The minimum absolute atomic E-state index is 0.0937. The molecule has 0 atom stereocenters. The minimum Gasteiger partial charge on any atom is -0.493 e. The van der Waals surface area contributed by atoms with E-state index in [0.29, 0.717) is 17.1 Å². The van der Waals surface area contributed by atoms with Gasteiger partial charge in [0.15, 0.2) is 11.5 Å². The lowest BCUT2D eigenvalue weighted by Crippen LogP contribution is -1.94. The average molecular weight is 263 g/mol. The molecule has 0 amide bonds. The molecule has 0 spiro atoms. The van der Waals surface area contributed by atoms with Gasteiger partial charge in [-0.15, -0.1) is 0 Å². The van der Waals surface area contributed by atoms with Gasteiger partial charge in [-0.1, -0.05) is 6.07 Å². The highest BCUT2D eigenvalue weighted by molar-refractivity contribution is 5.49. The Hall–Kier alpha value is -2.27. The van der Waals surface area contributed by atoms with Crippen LogP contribution in [0, 0.1) is 5.82 Å². The maximum Gasteiger partial charge on any atom is 0.169 e. The van der Waals surface area contributed by atoms with Gasteiger partial charge in [-0.25, -0.2) is 4.39 Å². The molecule has 0 bridgehead atoms. The molecule has 5 heteroatoms. The van der Waals surface area contributed by atoms with Crippen LogP contribution in [0.2, 0.25) is 0 Å². The minimum atomic E-state index is -0.471. The topological polar surface area (TPSA) is 64.7 Å². The van der Waals surface area contributed by atoms with Crippen LogP contribution in [0.5, 0.6) is 17.2 Å². The summed E-state index contributed by atoms with van der Waals surface area (Å²) < 4.78 is 23.9. The van der Waals surface area contributed by atoms with Crippen molar-refractivity contribution in [1.82, 2.24) is 0 Å². The summed E-state index contributed by atoms with van der Waals surface area (Å²) in [4.78, 5) is 0. The molecule has 0 aliphatic heterocycles.